The first kappa shape index (κ1) is 20.0. The molecule has 0 radical (unpaired) electrons. The summed E-state index contributed by atoms with van der Waals surface area (Å²) in [6.45, 7) is 5.32. The fourth-order valence-electron chi connectivity index (χ4n) is 2.73. The van der Waals surface area contributed by atoms with Gasteiger partial charge in [0.2, 0.25) is 0 Å². The number of methoxy groups -OCH3 is 1. The molecule has 140 valence electrons. The summed E-state index contributed by atoms with van der Waals surface area (Å²) >= 11 is 0. The van der Waals surface area contributed by atoms with Crippen LogP contribution in [0, 0.1) is 11.6 Å². The van der Waals surface area contributed by atoms with Gasteiger partial charge in [-0.15, -0.1) is 0 Å². The minimum Gasteiger partial charge on any atom is -0.496 e. The van der Waals surface area contributed by atoms with Crippen molar-refractivity contribution in [2.75, 3.05) is 7.11 Å². The van der Waals surface area contributed by atoms with Crippen molar-refractivity contribution < 1.29 is 17.9 Å². The van der Waals surface area contributed by atoms with Gasteiger partial charge < -0.3 is 4.74 Å². The highest BCUT2D eigenvalue weighted by molar-refractivity contribution is 5.73. The van der Waals surface area contributed by atoms with Gasteiger partial charge in [0, 0.05) is 6.54 Å². The maximum atomic E-state index is 15.2. The zero-order chi connectivity index (χ0) is 19.3. The summed E-state index contributed by atoms with van der Waals surface area (Å²) in [4.78, 5) is 0. The van der Waals surface area contributed by atoms with Crippen LogP contribution in [0.5, 0.6) is 5.75 Å². The van der Waals surface area contributed by atoms with E-state index in [4.69, 9.17) is 4.74 Å². The van der Waals surface area contributed by atoms with E-state index in [2.05, 4.69) is 5.32 Å². The molecule has 1 atom stereocenters. The Kier molecular flexibility index (Phi) is 6.86. The van der Waals surface area contributed by atoms with Crippen LogP contribution in [0.15, 0.2) is 42.0 Å². The molecule has 0 heterocycles. The van der Waals surface area contributed by atoms with Gasteiger partial charge in [0.05, 0.1) is 12.7 Å². The zero-order valence-electron chi connectivity index (χ0n) is 15.5. The van der Waals surface area contributed by atoms with Crippen molar-refractivity contribution in [2.45, 2.75) is 40.0 Å². The van der Waals surface area contributed by atoms with Crippen LogP contribution in [0.1, 0.15) is 31.9 Å². The zero-order valence-corrected chi connectivity index (χ0v) is 15.5. The van der Waals surface area contributed by atoms with E-state index >= 15 is 4.39 Å². The molecule has 0 fully saturated rings. The van der Waals surface area contributed by atoms with E-state index < -0.39 is 17.9 Å². The first-order valence-corrected chi connectivity index (χ1v) is 8.50. The van der Waals surface area contributed by atoms with E-state index in [1.165, 1.54) is 26.2 Å². The molecule has 1 unspecified atom stereocenters. The second-order valence-electron chi connectivity index (χ2n) is 6.27. The largest absolute Gasteiger partial charge is 0.496 e. The summed E-state index contributed by atoms with van der Waals surface area (Å²) < 4.78 is 47.6. The molecule has 0 aromatic heterocycles. The molecule has 2 aromatic rings. The van der Waals surface area contributed by atoms with E-state index in [1.807, 2.05) is 19.9 Å². The van der Waals surface area contributed by atoms with Crippen molar-refractivity contribution in [3.8, 4) is 16.9 Å². The van der Waals surface area contributed by atoms with Crippen LogP contribution in [-0.4, -0.2) is 13.4 Å². The highest BCUT2D eigenvalue weighted by Gasteiger charge is 2.17. The third kappa shape index (κ3) is 4.88. The molecule has 0 saturated heterocycles. The standard InChI is InChI=1S/C21H24F3NO/c1-5-13(2)8-16-6-7-19(26-4)20(21(16)24)17-9-15(10-18(23)11-17)12-25-14(3)22/h5-7,9-11,14,25H,8,12H2,1-4H3/b13-5+. The number of ether oxygens (including phenoxy) is 1. The van der Waals surface area contributed by atoms with Gasteiger partial charge >= 0.3 is 0 Å². The van der Waals surface area contributed by atoms with Crippen LogP contribution in [0.2, 0.25) is 0 Å². The molecule has 26 heavy (non-hydrogen) atoms. The molecule has 0 aliphatic heterocycles. The van der Waals surface area contributed by atoms with Crippen LogP contribution in [0.4, 0.5) is 13.2 Å². The minimum atomic E-state index is -1.22. The maximum Gasteiger partial charge on any atom is 0.148 e. The fraction of sp³-hybridized carbons (Fsp3) is 0.333. The summed E-state index contributed by atoms with van der Waals surface area (Å²) in [6, 6.07) is 7.57. The van der Waals surface area contributed by atoms with Crippen LogP contribution in [-0.2, 0) is 13.0 Å². The van der Waals surface area contributed by atoms with Crippen molar-refractivity contribution in [2.24, 2.45) is 0 Å². The van der Waals surface area contributed by atoms with Gasteiger partial charge in [-0.2, -0.15) is 0 Å². The second-order valence-corrected chi connectivity index (χ2v) is 6.27. The molecule has 0 saturated carbocycles. The van der Waals surface area contributed by atoms with Crippen molar-refractivity contribution in [1.82, 2.24) is 5.32 Å². The molecule has 0 amide bonds. The van der Waals surface area contributed by atoms with Crippen molar-refractivity contribution in [3.63, 3.8) is 0 Å². The molecular formula is C21H24F3NO. The summed E-state index contributed by atoms with van der Waals surface area (Å²) in [5.41, 5.74) is 2.64. The Morgan fingerprint density at radius 2 is 1.96 bits per heavy atom. The van der Waals surface area contributed by atoms with E-state index in [1.54, 1.807) is 18.2 Å². The van der Waals surface area contributed by atoms with Gasteiger partial charge in [0.1, 0.15) is 23.7 Å². The maximum absolute atomic E-state index is 15.2. The van der Waals surface area contributed by atoms with Crippen molar-refractivity contribution in [1.29, 1.82) is 0 Å². The van der Waals surface area contributed by atoms with Gasteiger partial charge in [-0.3, -0.25) is 5.32 Å². The number of hydrogen-bond donors (Lipinski definition) is 1. The Morgan fingerprint density at radius 3 is 2.58 bits per heavy atom. The lowest BCUT2D eigenvalue weighted by Crippen LogP contribution is -2.20. The first-order valence-electron chi connectivity index (χ1n) is 8.50. The molecule has 0 aliphatic rings. The summed E-state index contributed by atoms with van der Waals surface area (Å²) in [6.07, 6.45) is 1.16. The Morgan fingerprint density at radius 1 is 1.23 bits per heavy atom. The quantitative estimate of drug-likeness (QED) is 0.514. The molecule has 1 N–H and O–H groups in total. The fourth-order valence-corrected chi connectivity index (χ4v) is 2.73. The molecule has 0 aliphatic carbocycles. The molecule has 2 aromatic carbocycles. The Bertz CT molecular complexity index is 800. The summed E-state index contributed by atoms with van der Waals surface area (Å²) in [7, 11) is 1.45. The average molecular weight is 363 g/mol. The van der Waals surface area contributed by atoms with Gasteiger partial charge in [0.15, 0.2) is 0 Å². The number of nitrogens with one attached hydrogen (secondary N) is 1. The monoisotopic (exact) mass is 363 g/mol. The van der Waals surface area contributed by atoms with E-state index in [9.17, 15) is 8.78 Å². The highest BCUT2D eigenvalue weighted by atomic mass is 19.1. The van der Waals surface area contributed by atoms with Gasteiger partial charge in [-0.25, -0.2) is 13.2 Å². The van der Waals surface area contributed by atoms with E-state index in [0.29, 0.717) is 28.9 Å². The number of benzene rings is 2. The highest BCUT2D eigenvalue weighted by Crippen LogP contribution is 2.36. The van der Waals surface area contributed by atoms with Crippen LogP contribution < -0.4 is 10.1 Å². The Labute approximate surface area is 152 Å². The lowest BCUT2D eigenvalue weighted by molar-refractivity contribution is 0.296. The van der Waals surface area contributed by atoms with Crippen molar-refractivity contribution >= 4 is 0 Å². The molecule has 0 spiro atoms. The predicted molar refractivity (Wildman–Crippen MR) is 98.9 cm³/mol. The minimum absolute atomic E-state index is 0.143. The van der Waals surface area contributed by atoms with E-state index in [-0.39, 0.29) is 12.1 Å². The lowest BCUT2D eigenvalue weighted by atomic mass is 9.96. The predicted octanol–water partition coefficient (Wildman–Crippen LogP) is 5.55. The molecule has 0 bridgehead atoms. The van der Waals surface area contributed by atoms with Crippen LogP contribution in [0.25, 0.3) is 11.1 Å². The molecular weight excluding hydrogens is 339 g/mol. The number of alkyl halides is 1. The summed E-state index contributed by atoms with van der Waals surface area (Å²) in [5, 5.41) is 2.59. The van der Waals surface area contributed by atoms with Crippen LogP contribution >= 0.6 is 0 Å². The van der Waals surface area contributed by atoms with E-state index in [0.717, 1.165) is 5.57 Å². The normalized spacial score (nSPS) is 13.0. The average Bonchev–Trinajstić information content (AvgIpc) is 2.60. The third-order valence-corrected chi connectivity index (χ3v) is 4.20. The number of halogens is 3. The Balaban J connectivity index is 2.53. The molecule has 5 heteroatoms. The lowest BCUT2D eigenvalue weighted by Gasteiger charge is -2.15. The van der Waals surface area contributed by atoms with Gasteiger partial charge in [-0.05, 0) is 68.1 Å². The smallest absolute Gasteiger partial charge is 0.148 e. The van der Waals surface area contributed by atoms with Gasteiger partial charge in [-0.1, -0.05) is 17.7 Å². The third-order valence-electron chi connectivity index (χ3n) is 4.20. The second kappa shape index (κ2) is 8.90. The Hall–Kier alpha value is -2.27. The number of hydrogen-bond acceptors (Lipinski definition) is 2. The summed E-state index contributed by atoms with van der Waals surface area (Å²) in [5.74, 6) is -0.621. The van der Waals surface area contributed by atoms with Crippen LogP contribution in [0.3, 0.4) is 0 Å². The SMILES string of the molecule is C/C=C(\C)Cc1ccc(OC)c(-c2cc(F)cc(CNC(C)F)c2)c1F. The molecule has 2 nitrogen and oxygen atoms in total. The van der Waals surface area contributed by atoms with Gasteiger partial charge in [0.25, 0.3) is 0 Å². The molecule has 2 rings (SSSR count). The number of rotatable bonds is 7. The number of allylic oxidation sites excluding steroid dienone is 2. The first-order chi connectivity index (χ1) is 12.3. The van der Waals surface area contributed by atoms with Crippen molar-refractivity contribution in [3.05, 3.63) is 64.7 Å². The topological polar surface area (TPSA) is 21.3 Å².